The first-order chi connectivity index (χ1) is 9.60. The Kier molecular flexibility index (Phi) is 3.07. The van der Waals surface area contributed by atoms with Crippen LogP contribution in [-0.4, -0.2) is 9.55 Å². The lowest BCUT2D eigenvalue weighted by Crippen LogP contribution is -1.94. The van der Waals surface area contributed by atoms with Gasteiger partial charge in [-0.1, -0.05) is 15.9 Å². The van der Waals surface area contributed by atoms with Crippen LogP contribution in [0.5, 0.6) is 0 Å². The zero-order chi connectivity index (χ0) is 14.3. The Bertz CT molecular complexity index is 856. The molecule has 2 aromatic carbocycles. The summed E-state index contributed by atoms with van der Waals surface area (Å²) in [7, 11) is 1.98. The van der Waals surface area contributed by atoms with Gasteiger partial charge in [-0.15, -0.1) is 0 Å². The van der Waals surface area contributed by atoms with Crippen LogP contribution in [0, 0.1) is 18.3 Å². The molecule has 0 fully saturated rings. The second-order valence-electron chi connectivity index (χ2n) is 4.77. The Morgan fingerprint density at radius 1 is 1.20 bits per heavy atom. The molecule has 3 rings (SSSR count). The fourth-order valence-electron chi connectivity index (χ4n) is 2.38. The van der Waals surface area contributed by atoms with E-state index in [1.165, 1.54) is 5.56 Å². The lowest BCUT2D eigenvalue weighted by atomic mass is 10.1. The standard InChI is InChI=1S/C16H12BrN3/c1-10-7-12(17)4-5-13(10)16-19-14-6-3-11(9-18)8-15(14)20(16)2/h3-8H,1-2H3. The Labute approximate surface area is 125 Å². The molecule has 0 spiro atoms. The molecule has 0 radical (unpaired) electrons. The molecule has 0 aliphatic carbocycles. The summed E-state index contributed by atoms with van der Waals surface area (Å²) in [6.45, 7) is 2.07. The molecular formula is C16H12BrN3. The third kappa shape index (κ3) is 2.00. The van der Waals surface area contributed by atoms with E-state index >= 15 is 0 Å². The van der Waals surface area contributed by atoms with E-state index < -0.39 is 0 Å². The Hall–Kier alpha value is -2.12. The quantitative estimate of drug-likeness (QED) is 0.673. The van der Waals surface area contributed by atoms with Crippen LogP contribution < -0.4 is 0 Å². The predicted molar refractivity (Wildman–Crippen MR) is 83.3 cm³/mol. The van der Waals surface area contributed by atoms with Crippen LogP contribution in [-0.2, 0) is 7.05 Å². The molecule has 0 atom stereocenters. The van der Waals surface area contributed by atoms with Crippen molar-refractivity contribution in [1.29, 1.82) is 5.26 Å². The number of hydrogen-bond acceptors (Lipinski definition) is 2. The zero-order valence-electron chi connectivity index (χ0n) is 11.2. The fraction of sp³-hybridized carbons (Fsp3) is 0.125. The van der Waals surface area contributed by atoms with Gasteiger partial charge in [-0.05, 0) is 48.9 Å². The summed E-state index contributed by atoms with van der Waals surface area (Å²) in [6.07, 6.45) is 0. The van der Waals surface area contributed by atoms with Crippen molar-refractivity contribution in [3.8, 4) is 17.5 Å². The third-order valence-corrected chi connectivity index (χ3v) is 3.93. The SMILES string of the molecule is Cc1cc(Br)ccc1-c1nc2ccc(C#N)cc2n1C. The van der Waals surface area contributed by atoms with Gasteiger partial charge in [-0.3, -0.25) is 0 Å². The van der Waals surface area contributed by atoms with E-state index in [1.54, 1.807) is 6.07 Å². The van der Waals surface area contributed by atoms with E-state index in [1.807, 2.05) is 29.8 Å². The molecule has 0 aliphatic heterocycles. The summed E-state index contributed by atoms with van der Waals surface area (Å²) in [5.74, 6) is 0.917. The Morgan fingerprint density at radius 3 is 2.70 bits per heavy atom. The number of nitrogens with zero attached hydrogens (tertiary/aromatic N) is 3. The Morgan fingerprint density at radius 2 is 2.00 bits per heavy atom. The molecule has 4 heteroatoms. The highest BCUT2D eigenvalue weighted by molar-refractivity contribution is 9.10. The van der Waals surface area contributed by atoms with E-state index in [0.717, 1.165) is 26.9 Å². The highest BCUT2D eigenvalue weighted by Gasteiger charge is 2.12. The monoisotopic (exact) mass is 325 g/mol. The van der Waals surface area contributed by atoms with E-state index in [2.05, 4.69) is 46.0 Å². The summed E-state index contributed by atoms with van der Waals surface area (Å²) >= 11 is 3.48. The molecule has 0 saturated heterocycles. The lowest BCUT2D eigenvalue weighted by molar-refractivity contribution is 0.957. The van der Waals surface area contributed by atoms with E-state index in [-0.39, 0.29) is 0 Å². The van der Waals surface area contributed by atoms with E-state index in [9.17, 15) is 0 Å². The van der Waals surface area contributed by atoms with Crippen LogP contribution in [0.25, 0.3) is 22.4 Å². The summed E-state index contributed by atoms with van der Waals surface area (Å²) in [6, 6.07) is 13.9. The fourth-order valence-corrected chi connectivity index (χ4v) is 2.85. The lowest BCUT2D eigenvalue weighted by Gasteiger charge is -2.06. The Balaban J connectivity index is 2.27. The van der Waals surface area contributed by atoms with Gasteiger partial charge in [0.2, 0.25) is 0 Å². The molecule has 1 heterocycles. The van der Waals surface area contributed by atoms with Gasteiger partial charge in [0.05, 0.1) is 22.7 Å². The average Bonchev–Trinajstić information content (AvgIpc) is 2.76. The normalized spacial score (nSPS) is 10.7. The first-order valence-electron chi connectivity index (χ1n) is 6.23. The molecule has 0 N–H and O–H groups in total. The van der Waals surface area contributed by atoms with Gasteiger partial charge in [-0.2, -0.15) is 5.26 Å². The largest absolute Gasteiger partial charge is 0.327 e. The van der Waals surface area contributed by atoms with Crippen LogP contribution in [0.3, 0.4) is 0 Å². The highest BCUT2D eigenvalue weighted by Crippen LogP contribution is 2.28. The van der Waals surface area contributed by atoms with Crippen LogP contribution >= 0.6 is 15.9 Å². The smallest absolute Gasteiger partial charge is 0.141 e. The number of hydrogen-bond donors (Lipinski definition) is 0. The van der Waals surface area contributed by atoms with E-state index in [4.69, 9.17) is 5.26 Å². The van der Waals surface area contributed by atoms with E-state index in [0.29, 0.717) is 5.56 Å². The number of aromatic nitrogens is 2. The number of nitriles is 1. The molecule has 0 saturated carbocycles. The second kappa shape index (κ2) is 4.77. The molecule has 0 amide bonds. The molecule has 0 unspecified atom stereocenters. The van der Waals surface area contributed by atoms with Crippen molar-refractivity contribution in [3.05, 3.63) is 52.0 Å². The van der Waals surface area contributed by atoms with Gasteiger partial charge in [0.1, 0.15) is 5.82 Å². The van der Waals surface area contributed by atoms with Crippen molar-refractivity contribution in [1.82, 2.24) is 9.55 Å². The molecular weight excluding hydrogens is 314 g/mol. The third-order valence-electron chi connectivity index (χ3n) is 3.44. The first kappa shape index (κ1) is 12.9. The number of benzene rings is 2. The van der Waals surface area contributed by atoms with Gasteiger partial charge < -0.3 is 4.57 Å². The second-order valence-corrected chi connectivity index (χ2v) is 5.68. The molecule has 98 valence electrons. The first-order valence-corrected chi connectivity index (χ1v) is 7.02. The maximum absolute atomic E-state index is 9.00. The van der Waals surface area contributed by atoms with Crippen molar-refractivity contribution in [2.45, 2.75) is 6.92 Å². The number of fused-ring (bicyclic) bond motifs is 1. The van der Waals surface area contributed by atoms with Crippen LogP contribution in [0.2, 0.25) is 0 Å². The maximum atomic E-state index is 9.00. The van der Waals surface area contributed by atoms with Crippen molar-refractivity contribution < 1.29 is 0 Å². The highest BCUT2D eigenvalue weighted by atomic mass is 79.9. The molecule has 0 bridgehead atoms. The molecule has 20 heavy (non-hydrogen) atoms. The molecule has 1 aromatic heterocycles. The summed E-state index contributed by atoms with van der Waals surface area (Å²) < 4.78 is 3.09. The minimum atomic E-state index is 0.652. The number of aryl methyl sites for hydroxylation is 2. The average molecular weight is 326 g/mol. The summed E-state index contributed by atoms with van der Waals surface area (Å²) in [4.78, 5) is 4.69. The molecule has 3 aromatic rings. The van der Waals surface area contributed by atoms with Gasteiger partial charge in [0.15, 0.2) is 0 Å². The molecule has 3 nitrogen and oxygen atoms in total. The zero-order valence-corrected chi connectivity index (χ0v) is 12.8. The van der Waals surface area contributed by atoms with Gasteiger partial charge in [0.25, 0.3) is 0 Å². The van der Waals surface area contributed by atoms with Crippen molar-refractivity contribution in [2.24, 2.45) is 7.05 Å². The summed E-state index contributed by atoms with van der Waals surface area (Å²) in [5, 5.41) is 9.00. The van der Waals surface area contributed by atoms with Crippen LogP contribution in [0.4, 0.5) is 0 Å². The molecule has 0 aliphatic rings. The van der Waals surface area contributed by atoms with Crippen LogP contribution in [0.1, 0.15) is 11.1 Å². The van der Waals surface area contributed by atoms with Crippen molar-refractivity contribution in [2.75, 3.05) is 0 Å². The number of halogens is 1. The van der Waals surface area contributed by atoms with Crippen LogP contribution in [0.15, 0.2) is 40.9 Å². The van der Waals surface area contributed by atoms with Gasteiger partial charge >= 0.3 is 0 Å². The number of rotatable bonds is 1. The number of imidazole rings is 1. The minimum Gasteiger partial charge on any atom is -0.327 e. The minimum absolute atomic E-state index is 0.652. The maximum Gasteiger partial charge on any atom is 0.141 e. The predicted octanol–water partition coefficient (Wildman–Crippen LogP) is 4.18. The van der Waals surface area contributed by atoms with Gasteiger partial charge in [0, 0.05) is 17.1 Å². The topological polar surface area (TPSA) is 41.6 Å². The van der Waals surface area contributed by atoms with Crippen molar-refractivity contribution >= 4 is 27.0 Å². The summed E-state index contributed by atoms with van der Waals surface area (Å²) in [5.41, 5.74) is 4.80. The van der Waals surface area contributed by atoms with Gasteiger partial charge in [-0.25, -0.2) is 4.98 Å². The van der Waals surface area contributed by atoms with Crippen molar-refractivity contribution in [3.63, 3.8) is 0 Å².